The third-order valence-corrected chi connectivity index (χ3v) is 4.45. The molecule has 0 heterocycles. The molecule has 0 aromatic rings. The van der Waals surface area contributed by atoms with E-state index in [1.807, 2.05) is 0 Å². The van der Waals surface area contributed by atoms with Crippen molar-refractivity contribution in [2.24, 2.45) is 5.41 Å². The molecule has 0 aromatic heterocycles. The van der Waals surface area contributed by atoms with E-state index in [1.165, 1.54) is 25.7 Å². The number of hydrogen-bond donors (Lipinski definition) is 2. The topological polar surface area (TPSA) is 41.5 Å². The molecule has 0 aromatic carbocycles. The van der Waals surface area contributed by atoms with Crippen molar-refractivity contribution in [3.05, 3.63) is 0 Å². The van der Waals surface area contributed by atoms with Crippen molar-refractivity contribution in [2.75, 3.05) is 13.2 Å². The summed E-state index contributed by atoms with van der Waals surface area (Å²) in [6.45, 7) is 5.19. The van der Waals surface area contributed by atoms with Crippen LogP contribution in [0, 0.1) is 5.41 Å². The maximum Gasteiger partial charge on any atom is 0.0661 e. The van der Waals surface area contributed by atoms with E-state index in [2.05, 4.69) is 19.2 Å². The Labute approximate surface area is 98.6 Å². The SMILES string of the molecule is CCOC1CC(N[C@@H](C)CO)C12CCCC2. The molecule has 0 aliphatic heterocycles. The van der Waals surface area contributed by atoms with Gasteiger partial charge in [-0.25, -0.2) is 0 Å². The van der Waals surface area contributed by atoms with Crippen molar-refractivity contribution in [1.29, 1.82) is 0 Å². The highest BCUT2D eigenvalue weighted by molar-refractivity contribution is 5.10. The molecule has 2 aliphatic carbocycles. The molecule has 3 nitrogen and oxygen atoms in total. The van der Waals surface area contributed by atoms with Gasteiger partial charge >= 0.3 is 0 Å². The largest absolute Gasteiger partial charge is 0.395 e. The van der Waals surface area contributed by atoms with E-state index in [-0.39, 0.29) is 12.6 Å². The third kappa shape index (κ3) is 2.01. The first kappa shape index (κ1) is 12.3. The summed E-state index contributed by atoms with van der Waals surface area (Å²) in [4.78, 5) is 0. The number of aliphatic hydroxyl groups excluding tert-OH is 1. The molecule has 0 saturated heterocycles. The number of hydrogen-bond acceptors (Lipinski definition) is 3. The van der Waals surface area contributed by atoms with E-state index in [1.54, 1.807) is 0 Å². The highest BCUT2D eigenvalue weighted by atomic mass is 16.5. The quantitative estimate of drug-likeness (QED) is 0.751. The fourth-order valence-electron chi connectivity index (χ4n) is 3.52. The van der Waals surface area contributed by atoms with E-state index in [4.69, 9.17) is 9.84 Å². The molecule has 0 amide bonds. The summed E-state index contributed by atoms with van der Waals surface area (Å²) in [6, 6.07) is 0.777. The van der Waals surface area contributed by atoms with Gasteiger partial charge in [-0.3, -0.25) is 0 Å². The molecular weight excluding hydrogens is 202 g/mol. The molecule has 2 N–H and O–H groups in total. The number of ether oxygens (including phenoxy) is 1. The summed E-state index contributed by atoms with van der Waals surface area (Å²) in [5.74, 6) is 0. The Kier molecular flexibility index (Phi) is 3.88. The van der Waals surface area contributed by atoms with Gasteiger partial charge < -0.3 is 15.2 Å². The average molecular weight is 227 g/mol. The molecule has 2 unspecified atom stereocenters. The van der Waals surface area contributed by atoms with Crippen molar-refractivity contribution in [2.45, 2.75) is 64.1 Å². The number of rotatable bonds is 5. The standard InChI is InChI=1S/C13H25NO2/c1-3-16-12-8-11(14-10(2)9-15)13(12)6-4-5-7-13/h10-12,14-15H,3-9H2,1-2H3/t10-,11?,12?/m0/s1. The van der Waals surface area contributed by atoms with Crippen LogP contribution in [0.15, 0.2) is 0 Å². The lowest BCUT2D eigenvalue weighted by Gasteiger charge is -2.55. The van der Waals surface area contributed by atoms with Crippen molar-refractivity contribution in [3.63, 3.8) is 0 Å². The van der Waals surface area contributed by atoms with Crippen LogP contribution in [0.3, 0.4) is 0 Å². The van der Waals surface area contributed by atoms with Crippen molar-refractivity contribution in [3.8, 4) is 0 Å². The Balaban J connectivity index is 1.95. The van der Waals surface area contributed by atoms with Gasteiger partial charge in [0, 0.05) is 24.1 Å². The molecule has 2 saturated carbocycles. The van der Waals surface area contributed by atoms with E-state index in [9.17, 15) is 0 Å². The van der Waals surface area contributed by atoms with Crippen LogP contribution in [0.2, 0.25) is 0 Å². The smallest absolute Gasteiger partial charge is 0.0661 e. The third-order valence-electron chi connectivity index (χ3n) is 4.45. The van der Waals surface area contributed by atoms with Crippen LogP contribution >= 0.6 is 0 Å². The normalized spacial score (nSPS) is 33.9. The van der Waals surface area contributed by atoms with Crippen LogP contribution in [-0.2, 0) is 4.74 Å². The van der Waals surface area contributed by atoms with Gasteiger partial charge in [-0.2, -0.15) is 0 Å². The molecule has 2 rings (SSSR count). The first-order chi connectivity index (χ1) is 7.73. The lowest BCUT2D eigenvalue weighted by atomic mass is 9.60. The average Bonchev–Trinajstić information content (AvgIpc) is 2.79. The van der Waals surface area contributed by atoms with E-state index < -0.39 is 0 Å². The van der Waals surface area contributed by atoms with Gasteiger partial charge in [0.2, 0.25) is 0 Å². The Morgan fingerprint density at radius 2 is 2.12 bits per heavy atom. The molecule has 0 radical (unpaired) electrons. The molecule has 3 heteroatoms. The van der Waals surface area contributed by atoms with Crippen molar-refractivity contribution < 1.29 is 9.84 Å². The Morgan fingerprint density at radius 3 is 2.69 bits per heavy atom. The molecule has 94 valence electrons. The zero-order valence-corrected chi connectivity index (χ0v) is 10.5. The first-order valence-corrected chi connectivity index (χ1v) is 6.71. The van der Waals surface area contributed by atoms with Crippen molar-refractivity contribution >= 4 is 0 Å². The van der Waals surface area contributed by atoms with Gasteiger partial charge in [0.15, 0.2) is 0 Å². The highest BCUT2D eigenvalue weighted by Crippen LogP contribution is 2.54. The number of aliphatic hydroxyl groups is 1. The van der Waals surface area contributed by atoms with Gasteiger partial charge in [-0.1, -0.05) is 12.8 Å². The Hall–Kier alpha value is -0.120. The van der Waals surface area contributed by atoms with E-state index >= 15 is 0 Å². The lowest BCUT2D eigenvalue weighted by Crippen LogP contribution is -2.64. The Morgan fingerprint density at radius 1 is 1.44 bits per heavy atom. The lowest BCUT2D eigenvalue weighted by molar-refractivity contribution is -0.133. The highest BCUT2D eigenvalue weighted by Gasteiger charge is 2.56. The second-order valence-electron chi connectivity index (χ2n) is 5.42. The van der Waals surface area contributed by atoms with Crippen LogP contribution < -0.4 is 5.32 Å². The number of nitrogens with one attached hydrogen (secondary N) is 1. The first-order valence-electron chi connectivity index (χ1n) is 6.71. The predicted molar refractivity (Wildman–Crippen MR) is 64.4 cm³/mol. The zero-order chi connectivity index (χ0) is 11.6. The molecule has 3 atom stereocenters. The van der Waals surface area contributed by atoms with Crippen molar-refractivity contribution in [1.82, 2.24) is 5.32 Å². The minimum Gasteiger partial charge on any atom is -0.395 e. The van der Waals surface area contributed by atoms with Gasteiger partial charge in [-0.15, -0.1) is 0 Å². The summed E-state index contributed by atoms with van der Waals surface area (Å²) in [7, 11) is 0. The minimum absolute atomic E-state index is 0.213. The monoisotopic (exact) mass is 227 g/mol. The molecule has 16 heavy (non-hydrogen) atoms. The molecule has 2 aliphatic rings. The van der Waals surface area contributed by atoms with E-state index in [0.717, 1.165) is 13.0 Å². The van der Waals surface area contributed by atoms with Crippen LogP contribution in [0.1, 0.15) is 46.0 Å². The maximum absolute atomic E-state index is 9.11. The summed E-state index contributed by atoms with van der Waals surface area (Å²) in [6.07, 6.45) is 6.87. The predicted octanol–water partition coefficient (Wildman–Crippen LogP) is 1.69. The molecular formula is C13H25NO2. The van der Waals surface area contributed by atoms with Crippen LogP contribution in [0.25, 0.3) is 0 Å². The molecule has 1 spiro atoms. The molecule has 2 fully saturated rings. The summed E-state index contributed by atoms with van der Waals surface area (Å²) in [5.41, 5.74) is 0.388. The minimum atomic E-state index is 0.213. The maximum atomic E-state index is 9.11. The van der Waals surface area contributed by atoms with Gasteiger partial charge in [-0.05, 0) is 33.1 Å². The van der Waals surface area contributed by atoms with E-state index in [0.29, 0.717) is 17.6 Å². The summed E-state index contributed by atoms with van der Waals surface area (Å²) in [5, 5.41) is 12.7. The molecule has 0 bridgehead atoms. The van der Waals surface area contributed by atoms with Gasteiger partial charge in [0.05, 0.1) is 12.7 Å². The summed E-state index contributed by atoms with van der Waals surface area (Å²) < 4.78 is 5.86. The fraction of sp³-hybridized carbons (Fsp3) is 1.00. The van der Waals surface area contributed by atoms with Crippen LogP contribution in [0.5, 0.6) is 0 Å². The Bertz CT molecular complexity index is 226. The fourth-order valence-corrected chi connectivity index (χ4v) is 3.52. The second-order valence-corrected chi connectivity index (χ2v) is 5.42. The van der Waals surface area contributed by atoms with Crippen LogP contribution in [-0.4, -0.2) is 36.5 Å². The van der Waals surface area contributed by atoms with Gasteiger partial charge in [0.1, 0.15) is 0 Å². The van der Waals surface area contributed by atoms with Crippen LogP contribution in [0.4, 0.5) is 0 Å². The zero-order valence-electron chi connectivity index (χ0n) is 10.5. The van der Waals surface area contributed by atoms with Gasteiger partial charge in [0.25, 0.3) is 0 Å². The second kappa shape index (κ2) is 5.03. The summed E-state index contributed by atoms with van der Waals surface area (Å²) >= 11 is 0.